The van der Waals surface area contributed by atoms with Crippen molar-refractivity contribution in [1.82, 2.24) is 20.1 Å². The number of hydrogen-bond acceptors (Lipinski definition) is 5. The number of morpholine rings is 1. The molecule has 2 heterocycles. The normalized spacial score (nSPS) is 18.0. The number of carbonyl (C=O) groups excluding carboxylic acids is 2. The van der Waals surface area contributed by atoms with Gasteiger partial charge >= 0.3 is 6.03 Å². The molecule has 0 aromatic heterocycles. The maximum Gasteiger partial charge on any atom is 0.317 e. The van der Waals surface area contributed by atoms with E-state index in [1.807, 2.05) is 25.1 Å². The van der Waals surface area contributed by atoms with Crippen LogP contribution in [0.1, 0.15) is 36.9 Å². The molecule has 0 aliphatic carbocycles. The summed E-state index contributed by atoms with van der Waals surface area (Å²) in [5, 5.41) is 9.49. The monoisotopic (exact) mass is 529 g/mol. The molecule has 4 rings (SSSR count). The van der Waals surface area contributed by atoms with Gasteiger partial charge in [-0.15, -0.1) is 0 Å². The van der Waals surface area contributed by atoms with E-state index in [9.17, 15) is 14.0 Å². The second-order valence-corrected chi connectivity index (χ2v) is 9.55. The van der Waals surface area contributed by atoms with Crippen molar-refractivity contribution in [2.24, 2.45) is 5.10 Å². The number of nitrogens with one attached hydrogen (secondary N) is 1. The quantitative estimate of drug-likeness (QED) is 0.534. The van der Waals surface area contributed by atoms with E-state index in [4.69, 9.17) is 16.3 Å². The first kappa shape index (κ1) is 27.0. The second-order valence-electron chi connectivity index (χ2n) is 9.14. The van der Waals surface area contributed by atoms with E-state index in [2.05, 4.69) is 15.3 Å². The van der Waals surface area contributed by atoms with Crippen LogP contribution in [-0.2, 0) is 9.53 Å². The van der Waals surface area contributed by atoms with Gasteiger partial charge in [0.1, 0.15) is 12.4 Å². The maximum atomic E-state index is 13.7. The first-order valence-electron chi connectivity index (χ1n) is 12.7. The lowest BCUT2D eigenvalue weighted by atomic mass is 9.98. The standard InChI is InChI=1S/C27H33ClFN5O3/c1-2-11-30-27(36)33(13-12-32-14-16-37-17-15-32)19-26(35)34-25(22-5-3-4-6-23(22)28)18-24(31-34)20-7-9-21(29)10-8-20/h3-10,25H,2,11-19H2,1H3,(H,30,36). The largest absolute Gasteiger partial charge is 0.379 e. The van der Waals surface area contributed by atoms with Gasteiger partial charge in [0, 0.05) is 44.2 Å². The van der Waals surface area contributed by atoms with Crippen molar-refractivity contribution >= 4 is 29.3 Å². The van der Waals surface area contributed by atoms with Gasteiger partial charge in [-0.25, -0.2) is 14.2 Å². The van der Waals surface area contributed by atoms with Crippen LogP contribution in [0.4, 0.5) is 9.18 Å². The van der Waals surface area contributed by atoms with E-state index in [-0.39, 0.29) is 24.3 Å². The van der Waals surface area contributed by atoms with E-state index in [0.29, 0.717) is 50.0 Å². The van der Waals surface area contributed by atoms with E-state index in [1.54, 1.807) is 23.1 Å². The second kappa shape index (κ2) is 13.0. The molecule has 2 aliphatic heterocycles. The minimum atomic E-state index is -0.430. The molecule has 8 nitrogen and oxygen atoms in total. The van der Waals surface area contributed by atoms with Crippen LogP contribution >= 0.6 is 11.6 Å². The van der Waals surface area contributed by atoms with Crippen molar-refractivity contribution in [2.45, 2.75) is 25.8 Å². The number of rotatable bonds is 9. The van der Waals surface area contributed by atoms with Crippen molar-refractivity contribution < 1.29 is 18.7 Å². The van der Waals surface area contributed by atoms with Crippen LogP contribution in [0.25, 0.3) is 0 Å². The lowest BCUT2D eigenvalue weighted by Gasteiger charge is -2.31. The van der Waals surface area contributed by atoms with Crippen LogP contribution < -0.4 is 5.32 Å². The summed E-state index contributed by atoms with van der Waals surface area (Å²) in [6.45, 7) is 6.35. The van der Waals surface area contributed by atoms with Crippen molar-refractivity contribution in [3.05, 3.63) is 70.5 Å². The first-order valence-corrected chi connectivity index (χ1v) is 13.1. The summed E-state index contributed by atoms with van der Waals surface area (Å²) >= 11 is 6.51. The molecule has 2 aromatic rings. The molecule has 10 heteroatoms. The number of ether oxygens (including phenoxy) is 1. The first-order chi connectivity index (χ1) is 18.0. The summed E-state index contributed by atoms with van der Waals surface area (Å²) < 4.78 is 18.9. The summed E-state index contributed by atoms with van der Waals surface area (Å²) in [6, 6.07) is 12.7. The highest BCUT2D eigenvalue weighted by Crippen LogP contribution is 2.36. The minimum Gasteiger partial charge on any atom is -0.379 e. The van der Waals surface area contributed by atoms with Gasteiger partial charge in [-0.1, -0.05) is 48.9 Å². The van der Waals surface area contributed by atoms with Crippen LogP contribution in [0.5, 0.6) is 0 Å². The number of hydrogen-bond donors (Lipinski definition) is 1. The molecular weight excluding hydrogens is 497 g/mol. The van der Waals surface area contributed by atoms with E-state index < -0.39 is 6.04 Å². The molecule has 3 amide bonds. The molecule has 0 radical (unpaired) electrons. The molecule has 2 aliphatic rings. The van der Waals surface area contributed by atoms with E-state index in [0.717, 1.165) is 30.6 Å². The van der Waals surface area contributed by atoms with E-state index >= 15 is 0 Å². The Morgan fingerprint density at radius 3 is 2.59 bits per heavy atom. The molecule has 37 heavy (non-hydrogen) atoms. The van der Waals surface area contributed by atoms with Gasteiger partial charge in [0.25, 0.3) is 5.91 Å². The zero-order valence-electron chi connectivity index (χ0n) is 21.0. The Balaban J connectivity index is 1.55. The fourth-order valence-corrected chi connectivity index (χ4v) is 4.73. The Morgan fingerprint density at radius 2 is 1.89 bits per heavy atom. The highest BCUT2D eigenvalue weighted by atomic mass is 35.5. The van der Waals surface area contributed by atoms with Gasteiger partial charge in [0.05, 0.1) is 25.0 Å². The number of nitrogens with zero attached hydrogens (tertiary/aromatic N) is 4. The van der Waals surface area contributed by atoms with Crippen LogP contribution in [0.2, 0.25) is 5.02 Å². The third-order valence-electron chi connectivity index (χ3n) is 6.54. The predicted octanol–water partition coefficient (Wildman–Crippen LogP) is 3.91. The molecule has 0 saturated carbocycles. The van der Waals surface area contributed by atoms with Gasteiger partial charge in [0.15, 0.2) is 0 Å². The SMILES string of the molecule is CCCNC(=O)N(CCN1CCOCC1)CC(=O)N1N=C(c2ccc(F)cc2)CC1c1ccccc1Cl. The predicted molar refractivity (Wildman–Crippen MR) is 141 cm³/mol. The average Bonchev–Trinajstić information content (AvgIpc) is 3.36. The van der Waals surface area contributed by atoms with Gasteiger partial charge in [-0.05, 0) is 35.7 Å². The molecule has 1 atom stereocenters. The van der Waals surface area contributed by atoms with Gasteiger partial charge in [-0.3, -0.25) is 9.69 Å². The number of benzene rings is 2. The Kier molecular flexibility index (Phi) is 9.49. The number of halogens is 2. The van der Waals surface area contributed by atoms with Crippen molar-refractivity contribution in [3.8, 4) is 0 Å². The summed E-state index contributed by atoms with van der Waals surface area (Å²) in [7, 11) is 0. The highest BCUT2D eigenvalue weighted by Gasteiger charge is 2.35. The molecule has 198 valence electrons. The lowest BCUT2D eigenvalue weighted by molar-refractivity contribution is -0.133. The highest BCUT2D eigenvalue weighted by molar-refractivity contribution is 6.31. The minimum absolute atomic E-state index is 0.124. The zero-order valence-corrected chi connectivity index (χ0v) is 21.8. The zero-order chi connectivity index (χ0) is 26.2. The topological polar surface area (TPSA) is 77.5 Å². The number of carbonyl (C=O) groups is 2. The van der Waals surface area contributed by atoms with Gasteiger partial charge in [0.2, 0.25) is 0 Å². The Bertz CT molecular complexity index is 1110. The summed E-state index contributed by atoms with van der Waals surface area (Å²) in [5.41, 5.74) is 2.17. The Hall–Kier alpha value is -3.01. The lowest BCUT2D eigenvalue weighted by Crippen LogP contribution is -2.49. The Morgan fingerprint density at radius 1 is 1.16 bits per heavy atom. The smallest absolute Gasteiger partial charge is 0.317 e. The third kappa shape index (κ3) is 7.06. The molecular formula is C27H33ClFN5O3. The molecule has 1 N–H and O–H groups in total. The summed E-state index contributed by atoms with van der Waals surface area (Å²) in [5.74, 6) is -0.650. The number of urea groups is 1. The molecule has 1 unspecified atom stereocenters. The van der Waals surface area contributed by atoms with E-state index in [1.165, 1.54) is 17.1 Å². The van der Waals surface area contributed by atoms with Crippen LogP contribution in [0.3, 0.4) is 0 Å². The maximum absolute atomic E-state index is 13.7. The molecule has 0 bridgehead atoms. The van der Waals surface area contributed by atoms with Crippen molar-refractivity contribution in [1.29, 1.82) is 0 Å². The molecule has 2 aromatic carbocycles. The van der Waals surface area contributed by atoms with Crippen LogP contribution in [0.15, 0.2) is 53.6 Å². The van der Waals surface area contributed by atoms with Gasteiger partial charge in [-0.2, -0.15) is 5.10 Å². The van der Waals surface area contributed by atoms with Crippen molar-refractivity contribution in [2.75, 3.05) is 52.5 Å². The van der Waals surface area contributed by atoms with Gasteiger partial charge < -0.3 is 15.0 Å². The summed E-state index contributed by atoms with van der Waals surface area (Å²) in [6.07, 6.45) is 1.22. The summed E-state index contributed by atoms with van der Waals surface area (Å²) in [4.78, 5) is 30.4. The fourth-order valence-electron chi connectivity index (χ4n) is 4.46. The Labute approximate surface area is 222 Å². The van der Waals surface area contributed by atoms with Crippen LogP contribution in [0, 0.1) is 5.82 Å². The van der Waals surface area contributed by atoms with Crippen molar-refractivity contribution in [3.63, 3.8) is 0 Å². The number of hydrazone groups is 1. The third-order valence-corrected chi connectivity index (χ3v) is 6.88. The number of amides is 3. The fraction of sp³-hybridized carbons (Fsp3) is 0.444. The average molecular weight is 530 g/mol. The molecule has 0 spiro atoms. The van der Waals surface area contributed by atoms with Crippen LogP contribution in [-0.4, -0.2) is 84.9 Å². The molecule has 1 saturated heterocycles. The molecule has 1 fully saturated rings.